The summed E-state index contributed by atoms with van der Waals surface area (Å²) in [5.41, 5.74) is 1.43. The van der Waals surface area contributed by atoms with Gasteiger partial charge < -0.3 is 9.32 Å². The number of benzene rings is 1. The lowest BCUT2D eigenvalue weighted by Gasteiger charge is -2.27. The summed E-state index contributed by atoms with van der Waals surface area (Å²) in [5, 5.41) is 3.67. The normalized spacial score (nSPS) is 13.3. The highest BCUT2D eigenvalue weighted by Gasteiger charge is 2.27. The average molecular weight is 464 g/mol. The van der Waals surface area contributed by atoms with Gasteiger partial charge in [0, 0.05) is 23.2 Å². The molecule has 0 aliphatic rings. The Morgan fingerprint density at radius 3 is 2.58 bits per heavy atom. The summed E-state index contributed by atoms with van der Waals surface area (Å²) in [6.45, 7) is 10.7. The fourth-order valence-corrected chi connectivity index (χ4v) is 5.32. The van der Waals surface area contributed by atoms with E-state index in [1.54, 1.807) is 35.3 Å². The fraction of sp³-hybridized carbons (Fsp3) is 0.455. The van der Waals surface area contributed by atoms with Gasteiger partial charge in [0.05, 0.1) is 34.4 Å². The number of thiazole rings is 1. The molecule has 168 valence electrons. The van der Waals surface area contributed by atoms with E-state index in [1.165, 1.54) is 18.4 Å². The summed E-state index contributed by atoms with van der Waals surface area (Å²) in [7, 11) is -3.87. The largest absolute Gasteiger partial charge is 0.464 e. The molecule has 0 spiro atoms. The first-order valence-electron chi connectivity index (χ1n) is 10.3. The summed E-state index contributed by atoms with van der Waals surface area (Å²) in [4.78, 5) is 19.6. The van der Waals surface area contributed by atoms with Crippen molar-refractivity contribution in [3.8, 4) is 0 Å². The number of nitrogens with zero attached hydrogens (tertiary/aromatic N) is 2. The van der Waals surface area contributed by atoms with Crippen LogP contribution in [0.1, 0.15) is 51.2 Å². The van der Waals surface area contributed by atoms with Gasteiger partial charge >= 0.3 is 0 Å². The predicted octanol–water partition coefficient (Wildman–Crippen LogP) is 4.36. The number of furan rings is 1. The van der Waals surface area contributed by atoms with E-state index in [1.807, 2.05) is 19.2 Å². The molecule has 0 fully saturated rings. The molecule has 9 heteroatoms. The molecule has 0 saturated heterocycles. The monoisotopic (exact) mass is 463 g/mol. The molecule has 0 bridgehead atoms. The molecule has 0 aliphatic heterocycles. The third kappa shape index (κ3) is 5.72. The van der Waals surface area contributed by atoms with Crippen LogP contribution in [0.3, 0.4) is 0 Å². The van der Waals surface area contributed by atoms with Crippen LogP contribution >= 0.6 is 11.3 Å². The van der Waals surface area contributed by atoms with E-state index in [9.17, 15) is 13.2 Å². The van der Waals surface area contributed by atoms with Gasteiger partial charge in [0.2, 0.25) is 15.9 Å². The zero-order valence-corrected chi connectivity index (χ0v) is 20.1. The molecule has 3 rings (SSSR count). The number of carbonyl (C=O) groups excluding carboxylic acids is 1. The van der Waals surface area contributed by atoms with E-state index < -0.39 is 16.1 Å². The number of carbonyl (C=O) groups is 1. The third-order valence-electron chi connectivity index (χ3n) is 4.75. The van der Waals surface area contributed by atoms with E-state index in [0.717, 1.165) is 10.7 Å². The fourth-order valence-electron chi connectivity index (χ4n) is 3.27. The Morgan fingerprint density at radius 1 is 1.19 bits per heavy atom. The summed E-state index contributed by atoms with van der Waals surface area (Å²) < 4.78 is 33.5. The first kappa shape index (κ1) is 23.4. The van der Waals surface area contributed by atoms with E-state index in [-0.39, 0.29) is 16.7 Å². The van der Waals surface area contributed by atoms with Crippen molar-refractivity contribution in [2.45, 2.75) is 58.0 Å². The molecule has 0 unspecified atom stereocenters. The first-order chi connectivity index (χ1) is 14.6. The van der Waals surface area contributed by atoms with Gasteiger partial charge in [-0.25, -0.2) is 13.4 Å². The van der Waals surface area contributed by atoms with E-state index in [2.05, 4.69) is 23.6 Å². The maximum absolute atomic E-state index is 13.2. The zero-order chi connectivity index (χ0) is 22.8. The van der Waals surface area contributed by atoms with Gasteiger partial charge in [-0.1, -0.05) is 27.7 Å². The molecule has 7 nitrogen and oxygen atoms in total. The molecule has 2 heterocycles. The molecule has 1 atom stereocenters. The highest BCUT2D eigenvalue weighted by molar-refractivity contribution is 7.89. The van der Waals surface area contributed by atoms with Crippen molar-refractivity contribution >= 4 is 38.2 Å². The standard InChI is InChI=1S/C22H29N3O4S2/c1-14(2)11-25(12-18-13-30-21(23-18)15(3)4)22(26)16(5)24-31(27,28)19-6-7-20-17(10-19)8-9-29-20/h6-10,13-16,24H,11-12H2,1-5H3/t16-/m0/s1. The smallest absolute Gasteiger partial charge is 0.241 e. The van der Waals surface area contributed by atoms with E-state index in [0.29, 0.717) is 30.0 Å². The molecule has 31 heavy (non-hydrogen) atoms. The Labute approximate surface area is 187 Å². The van der Waals surface area contributed by atoms with Crippen LogP contribution in [-0.2, 0) is 21.4 Å². The highest BCUT2D eigenvalue weighted by atomic mass is 32.2. The molecule has 0 radical (unpaired) electrons. The van der Waals surface area contributed by atoms with Gasteiger partial charge in [-0.05, 0) is 37.1 Å². The summed E-state index contributed by atoms with van der Waals surface area (Å²) in [6, 6.07) is 5.40. The van der Waals surface area contributed by atoms with Crippen LogP contribution in [0.4, 0.5) is 0 Å². The average Bonchev–Trinajstić information content (AvgIpc) is 3.34. The molecule has 1 N–H and O–H groups in total. The lowest BCUT2D eigenvalue weighted by molar-refractivity contribution is -0.133. The number of hydrogen-bond donors (Lipinski definition) is 1. The summed E-state index contributed by atoms with van der Waals surface area (Å²) in [6.07, 6.45) is 1.51. The van der Waals surface area contributed by atoms with Gasteiger partial charge in [-0.2, -0.15) is 4.72 Å². The van der Waals surface area contributed by atoms with Gasteiger partial charge in [0.1, 0.15) is 5.58 Å². The van der Waals surface area contributed by atoms with Crippen molar-refractivity contribution in [1.29, 1.82) is 0 Å². The predicted molar refractivity (Wildman–Crippen MR) is 122 cm³/mol. The van der Waals surface area contributed by atoms with Crippen LogP contribution in [-0.4, -0.2) is 36.8 Å². The number of nitrogens with one attached hydrogen (secondary N) is 1. The Balaban J connectivity index is 1.76. The van der Waals surface area contributed by atoms with Crippen LogP contribution in [0, 0.1) is 5.92 Å². The lowest BCUT2D eigenvalue weighted by Crippen LogP contribution is -2.47. The lowest BCUT2D eigenvalue weighted by atomic mass is 10.2. The van der Waals surface area contributed by atoms with Crippen molar-refractivity contribution in [3.05, 3.63) is 46.6 Å². The van der Waals surface area contributed by atoms with Crippen LogP contribution < -0.4 is 4.72 Å². The molecule has 1 amide bonds. The van der Waals surface area contributed by atoms with Crippen LogP contribution in [0.2, 0.25) is 0 Å². The van der Waals surface area contributed by atoms with Crippen molar-refractivity contribution in [3.63, 3.8) is 0 Å². The minimum atomic E-state index is -3.87. The Kier molecular flexibility index (Phi) is 7.18. The Morgan fingerprint density at radius 2 is 1.94 bits per heavy atom. The zero-order valence-electron chi connectivity index (χ0n) is 18.5. The van der Waals surface area contributed by atoms with Gasteiger partial charge in [-0.15, -0.1) is 11.3 Å². The molecule has 0 aliphatic carbocycles. The van der Waals surface area contributed by atoms with Crippen molar-refractivity contribution in [2.75, 3.05) is 6.54 Å². The molecular weight excluding hydrogens is 434 g/mol. The van der Waals surface area contributed by atoms with Crippen molar-refractivity contribution in [2.24, 2.45) is 5.92 Å². The number of rotatable bonds is 9. The Hall–Kier alpha value is -2.23. The maximum Gasteiger partial charge on any atom is 0.241 e. The summed E-state index contributed by atoms with van der Waals surface area (Å²) in [5.74, 6) is 0.284. The number of amides is 1. The van der Waals surface area contributed by atoms with Crippen LogP contribution in [0.15, 0.2) is 45.2 Å². The molecule has 0 saturated carbocycles. The number of aromatic nitrogens is 1. The second-order valence-corrected chi connectivity index (χ2v) is 11.0. The SMILES string of the molecule is CC(C)CN(Cc1csc(C(C)C)n1)C(=O)[C@H](C)NS(=O)(=O)c1ccc2occc2c1. The first-order valence-corrected chi connectivity index (χ1v) is 12.7. The minimum absolute atomic E-state index is 0.0949. The summed E-state index contributed by atoms with van der Waals surface area (Å²) >= 11 is 1.58. The third-order valence-corrected chi connectivity index (χ3v) is 7.48. The highest BCUT2D eigenvalue weighted by Crippen LogP contribution is 2.22. The quantitative estimate of drug-likeness (QED) is 0.509. The number of fused-ring (bicyclic) bond motifs is 1. The second kappa shape index (κ2) is 9.50. The minimum Gasteiger partial charge on any atom is -0.464 e. The van der Waals surface area contributed by atoms with Crippen molar-refractivity contribution in [1.82, 2.24) is 14.6 Å². The second-order valence-electron chi connectivity index (χ2n) is 8.41. The van der Waals surface area contributed by atoms with Crippen molar-refractivity contribution < 1.29 is 17.6 Å². The Bertz CT molecular complexity index is 1150. The van der Waals surface area contributed by atoms with Gasteiger partial charge in [0.15, 0.2) is 0 Å². The topological polar surface area (TPSA) is 92.5 Å². The molecular formula is C22H29N3O4S2. The van der Waals surface area contributed by atoms with E-state index in [4.69, 9.17) is 4.42 Å². The molecule has 2 aromatic heterocycles. The van der Waals surface area contributed by atoms with Gasteiger partial charge in [-0.3, -0.25) is 4.79 Å². The van der Waals surface area contributed by atoms with Crippen LogP contribution in [0.5, 0.6) is 0 Å². The van der Waals surface area contributed by atoms with E-state index >= 15 is 0 Å². The molecule has 1 aromatic carbocycles. The van der Waals surface area contributed by atoms with Gasteiger partial charge in [0.25, 0.3) is 0 Å². The number of hydrogen-bond acceptors (Lipinski definition) is 6. The number of sulfonamides is 1. The maximum atomic E-state index is 13.2. The van der Waals surface area contributed by atoms with Crippen LogP contribution in [0.25, 0.3) is 11.0 Å². The molecule has 3 aromatic rings.